The van der Waals surface area contributed by atoms with Gasteiger partial charge in [0, 0.05) is 55.6 Å². The van der Waals surface area contributed by atoms with Crippen molar-refractivity contribution in [1.82, 2.24) is 15.2 Å². The van der Waals surface area contributed by atoms with E-state index < -0.39 is 0 Å². The van der Waals surface area contributed by atoms with Crippen LogP contribution in [0.4, 0.5) is 11.4 Å². The summed E-state index contributed by atoms with van der Waals surface area (Å²) in [6, 6.07) is 16.9. The SMILES string of the molecule is Cc1cc(N2CCN(CC(=O)NCc3ccccc3)CC2)c2cccc([N+](=O)[O-])c2n1. The Morgan fingerprint density at radius 3 is 2.55 bits per heavy atom. The van der Waals surface area contributed by atoms with Crippen molar-refractivity contribution in [2.24, 2.45) is 0 Å². The van der Waals surface area contributed by atoms with Crippen molar-refractivity contribution < 1.29 is 9.72 Å². The van der Waals surface area contributed by atoms with E-state index in [0.717, 1.165) is 48.5 Å². The number of para-hydroxylation sites is 1. The third-order valence-electron chi connectivity index (χ3n) is 5.53. The standard InChI is InChI=1S/C23H25N5O3/c1-17-14-21(19-8-5-9-20(28(30)31)23(19)25-17)27-12-10-26(11-13-27)16-22(29)24-15-18-6-3-2-4-7-18/h2-9,14H,10-13,15-16H2,1H3,(H,24,29). The highest BCUT2D eigenvalue weighted by atomic mass is 16.6. The van der Waals surface area contributed by atoms with Crippen molar-refractivity contribution in [3.8, 4) is 0 Å². The smallest absolute Gasteiger partial charge is 0.295 e. The van der Waals surface area contributed by atoms with Crippen LogP contribution < -0.4 is 10.2 Å². The molecule has 1 fully saturated rings. The highest BCUT2D eigenvalue weighted by Gasteiger charge is 2.23. The maximum absolute atomic E-state index is 12.3. The average molecular weight is 419 g/mol. The maximum atomic E-state index is 12.3. The molecule has 1 saturated heterocycles. The molecular formula is C23H25N5O3. The third-order valence-corrected chi connectivity index (χ3v) is 5.53. The molecule has 160 valence electrons. The Labute approximate surface area is 180 Å². The Hall–Kier alpha value is -3.52. The molecule has 4 rings (SSSR count). The predicted molar refractivity (Wildman–Crippen MR) is 120 cm³/mol. The number of rotatable bonds is 6. The molecule has 0 unspecified atom stereocenters. The van der Waals surface area contributed by atoms with Crippen LogP contribution in [0.2, 0.25) is 0 Å². The predicted octanol–water partition coefficient (Wildman–Crippen LogP) is 2.89. The summed E-state index contributed by atoms with van der Waals surface area (Å²) in [4.78, 5) is 32.1. The van der Waals surface area contributed by atoms with Crippen molar-refractivity contribution in [1.29, 1.82) is 0 Å². The molecule has 31 heavy (non-hydrogen) atoms. The Morgan fingerprint density at radius 2 is 1.84 bits per heavy atom. The number of anilines is 1. The Kier molecular flexibility index (Phi) is 6.08. The van der Waals surface area contributed by atoms with E-state index in [4.69, 9.17) is 0 Å². The van der Waals surface area contributed by atoms with Gasteiger partial charge in [0.1, 0.15) is 0 Å². The molecule has 0 atom stereocenters. The first-order valence-electron chi connectivity index (χ1n) is 10.3. The van der Waals surface area contributed by atoms with Crippen LogP contribution in [0.5, 0.6) is 0 Å². The molecule has 1 N–H and O–H groups in total. The Balaban J connectivity index is 1.40. The Morgan fingerprint density at radius 1 is 1.10 bits per heavy atom. The van der Waals surface area contributed by atoms with Crippen molar-refractivity contribution in [2.45, 2.75) is 13.5 Å². The average Bonchev–Trinajstić information content (AvgIpc) is 2.78. The second kappa shape index (κ2) is 9.09. The normalized spacial score (nSPS) is 14.5. The van der Waals surface area contributed by atoms with Crippen LogP contribution in [0.3, 0.4) is 0 Å². The van der Waals surface area contributed by atoms with E-state index in [1.54, 1.807) is 6.07 Å². The van der Waals surface area contributed by atoms with Crippen LogP contribution in [0, 0.1) is 17.0 Å². The highest BCUT2D eigenvalue weighted by molar-refractivity contribution is 5.97. The van der Waals surface area contributed by atoms with Crippen LogP contribution in [0.15, 0.2) is 54.6 Å². The minimum Gasteiger partial charge on any atom is -0.368 e. The first-order chi connectivity index (χ1) is 15.0. The number of carbonyl (C=O) groups is 1. The molecule has 8 heteroatoms. The summed E-state index contributed by atoms with van der Waals surface area (Å²) in [6.07, 6.45) is 0. The number of nitro groups is 1. The summed E-state index contributed by atoms with van der Waals surface area (Å²) >= 11 is 0. The summed E-state index contributed by atoms with van der Waals surface area (Å²) in [6.45, 7) is 5.73. The van der Waals surface area contributed by atoms with Gasteiger partial charge in [0.05, 0.1) is 11.5 Å². The lowest BCUT2D eigenvalue weighted by atomic mass is 10.1. The quantitative estimate of drug-likeness (QED) is 0.488. The van der Waals surface area contributed by atoms with Gasteiger partial charge >= 0.3 is 0 Å². The molecule has 1 aliphatic rings. The number of pyridine rings is 1. The number of aromatic nitrogens is 1. The number of hydrogen-bond acceptors (Lipinski definition) is 6. The second-order valence-corrected chi connectivity index (χ2v) is 7.74. The zero-order valence-corrected chi connectivity index (χ0v) is 17.5. The summed E-state index contributed by atoms with van der Waals surface area (Å²) in [5.41, 5.74) is 3.23. The van der Waals surface area contributed by atoms with Crippen LogP contribution in [-0.2, 0) is 11.3 Å². The molecule has 0 bridgehead atoms. The van der Waals surface area contributed by atoms with Gasteiger partial charge in [0.2, 0.25) is 5.91 Å². The lowest BCUT2D eigenvalue weighted by Crippen LogP contribution is -2.49. The van der Waals surface area contributed by atoms with Gasteiger partial charge in [-0.1, -0.05) is 42.5 Å². The number of nitro benzene ring substituents is 1. The largest absolute Gasteiger partial charge is 0.368 e. The lowest BCUT2D eigenvalue weighted by Gasteiger charge is -2.36. The molecule has 1 aliphatic heterocycles. The molecule has 1 amide bonds. The van der Waals surface area contributed by atoms with E-state index in [1.807, 2.05) is 49.4 Å². The van der Waals surface area contributed by atoms with E-state index in [-0.39, 0.29) is 16.5 Å². The topological polar surface area (TPSA) is 91.6 Å². The van der Waals surface area contributed by atoms with Gasteiger partial charge in [-0.3, -0.25) is 19.8 Å². The molecule has 3 aromatic rings. The molecule has 2 heterocycles. The third kappa shape index (κ3) is 4.80. The van der Waals surface area contributed by atoms with Crippen molar-refractivity contribution >= 4 is 28.2 Å². The van der Waals surface area contributed by atoms with Crippen LogP contribution in [0.1, 0.15) is 11.3 Å². The number of nitrogens with zero attached hydrogens (tertiary/aromatic N) is 4. The molecule has 0 aliphatic carbocycles. The van der Waals surface area contributed by atoms with E-state index in [2.05, 4.69) is 20.1 Å². The molecule has 0 saturated carbocycles. The molecule has 0 spiro atoms. The number of amides is 1. The van der Waals surface area contributed by atoms with E-state index in [1.165, 1.54) is 6.07 Å². The Bertz CT molecular complexity index is 1100. The van der Waals surface area contributed by atoms with Gasteiger partial charge in [-0.2, -0.15) is 0 Å². The number of aryl methyl sites for hydroxylation is 1. The van der Waals surface area contributed by atoms with Crippen LogP contribution >= 0.6 is 0 Å². The first kappa shape index (κ1) is 20.7. The van der Waals surface area contributed by atoms with Crippen LogP contribution in [0.25, 0.3) is 10.9 Å². The number of non-ortho nitro benzene ring substituents is 1. The number of carbonyl (C=O) groups excluding carboxylic acids is 1. The summed E-state index contributed by atoms with van der Waals surface area (Å²) in [5.74, 6) is 0.0122. The van der Waals surface area contributed by atoms with E-state index in [0.29, 0.717) is 18.6 Å². The fourth-order valence-electron chi connectivity index (χ4n) is 3.95. The van der Waals surface area contributed by atoms with E-state index >= 15 is 0 Å². The minimum absolute atomic E-state index is 0.0122. The number of benzene rings is 2. The molecule has 0 radical (unpaired) electrons. The van der Waals surface area contributed by atoms with Gasteiger partial charge in [-0.05, 0) is 18.6 Å². The number of piperazine rings is 1. The monoisotopic (exact) mass is 419 g/mol. The molecule has 1 aromatic heterocycles. The van der Waals surface area contributed by atoms with Gasteiger partial charge in [0.25, 0.3) is 5.69 Å². The van der Waals surface area contributed by atoms with Crippen molar-refractivity contribution in [2.75, 3.05) is 37.6 Å². The zero-order valence-electron chi connectivity index (χ0n) is 17.5. The summed E-state index contributed by atoms with van der Waals surface area (Å²) in [7, 11) is 0. The van der Waals surface area contributed by atoms with Crippen LogP contribution in [-0.4, -0.2) is 53.4 Å². The molecular weight excluding hydrogens is 394 g/mol. The minimum atomic E-state index is -0.384. The van der Waals surface area contributed by atoms with Gasteiger partial charge in [-0.25, -0.2) is 4.98 Å². The van der Waals surface area contributed by atoms with Gasteiger partial charge < -0.3 is 10.2 Å². The fourth-order valence-corrected chi connectivity index (χ4v) is 3.95. The molecule has 8 nitrogen and oxygen atoms in total. The lowest BCUT2D eigenvalue weighted by molar-refractivity contribution is -0.383. The number of nitrogens with one attached hydrogen (secondary N) is 1. The summed E-state index contributed by atoms with van der Waals surface area (Å²) < 4.78 is 0. The first-order valence-corrected chi connectivity index (χ1v) is 10.3. The zero-order chi connectivity index (χ0) is 21.8. The van der Waals surface area contributed by atoms with Gasteiger partial charge in [-0.15, -0.1) is 0 Å². The molecule has 2 aromatic carbocycles. The summed E-state index contributed by atoms with van der Waals surface area (Å²) in [5, 5.41) is 15.2. The second-order valence-electron chi connectivity index (χ2n) is 7.74. The number of hydrogen-bond donors (Lipinski definition) is 1. The highest BCUT2D eigenvalue weighted by Crippen LogP contribution is 2.32. The maximum Gasteiger partial charge on any atom is 0.295 e. The van der Waals surface area contributed by atoms with Gasteiger partial charge in [0.15, 0.2) is 5.52 Å². The van der Waals surface area contributed by atoms with E-state index in [9.17, 15) is 14.9 Å². The van der Waals surface area contributed by atoms with Crippen molar-refractivity contribution in [3.05, 3.63) is 76.0 Å². The number of fused-ring (bicyclic) bond motifs is 1. The van der Waals surface area contributed by atoms with Crippen molar-refractivity contribution in [3.63, 3.8) is 0 Å². The fraction of sp³-hybridized carbons (Fsp3) is 0.304.